The molecule has 0 aromatic rings. The van der Waals surface area contributed by atoms with E-state index in [2.05, 4.69) is 42.6 Å². The van der Waals surface area contributed by atoms with Crippen molar-refractivity contribution < 1.29 is 9.59 Å². The molecule has 0 bridgehead atoms. The average Bonchev–Trinajstić information content (AvgIpc) is 2.63. The van der Waals surface area contributed by atoms with Crippen LogP contribution in [-0.4, -0.2) is 84.9 Å². The quantitative estimate of drug-likeness (QED) is 0.659. The number of urea groups is 1. The minimum absolute atomic E-state index is 0.0217. The second kappa shape index (κ2) is 10.2. The highest BCUT2D eigenvalue weighted by atomic mass is 16.2. The van der Waals surface area contributed by atoms with E-state index in [0.717, 1.165) is 57.6 Å². The number of Topliss-reactive ketones (excluding diaryl/α,β-unsaturated/α-hetero) is 1. The molecule has 2 aliphatic rings. The van der Waals surface area contributed by atoms with Gasteiger partial charge in [-0.15, -0.1) is 0 Å². The van der Waals surface area contributed by atoms with Crippen molar-refractivity contribution in [2.24, 2.45) is 5.92 Å². The van der Waals surface area contributed by atoms with E-state index in [4.69, 9.17) is 0 Å². The van der Waals surface area contributed by atoms with Crippen molar-refractivity contribution in [2.45, 2.75) is 58.5 Å². The lowest BCUT2D eigenvalue weighted by atomic mass is 9.74. The third-order valence-electron chi connectivity index (χ3n) is 6.15. The number of hydrogen-bond donors (Lipinski definition) is 1. The van der Waals surface area contributed by atoms with Crippen LogP contribution in [0.25, 0.3) is 0 Å². The number of ketones is 1. The van der Waals surface area contributed by atoms with E-state index in [1.54, 1.807) is 0 Å². The smallest absolute Gasteiger partial charge is 0.317 e. The fourth-order valence-corrected chi connectivity index (χ4v) is 4.35. The zero-order chi connectivity index (χ0) is 20.0. The molecule has 154 valence electrons. The van der Waals surface area contributed by atoms with Gasteiger partial charge in [0, 0.05) is 44.7 Å². The Morgan fingerprint density at radius 1 is 1.22 bits per heavy atom. The number of hydrogen-bond acceptors (Lipinski definition) is 4. The van der Waals surface area contributed by atoms with Crippen molar-refractivity contribution in [3.63, 3.8) is 0 Å². The van der Waals surface area contributed by atoms with Gasteiger partial charge in [-0.05, 0) is 57.8 Å². The van der Waals surface area contributed by atoms with Crippen LogP contribution in [0.3, 0.4) is 0 Å². The Kier molecular flexibility index (Phi) is 8.29. The van der Waals surface area contributed by atoms with E-state index < -0.39 is 0 Å². The van der Waals surface area contributed by atoms with Crippen LogP contribution in [-0.2, 0) is 4.79 Å². The van der Waals surface area contributed by atoms with Crippen molar-refractivity contribution >= 4 is 11.8 Å². The molecule has 27 heavy (non-hydrogen) atoms. The zero-order valence-corrected chi connectivity index (χ0v) is 17.7. The molecule has 0 unspecified atom stereocenters. The third-order valence-corrected chi connectivity index (χ3v) is 6.15. The molecule has 1 heterocycles. The Morgan fingerprint density at radius 3 is 2.59 bits per heavy atom. The first kappa shape index (κ1) is 21.9. The second-order valence-corrected chi connectivity index (χ2v) is 8.12. The highest BCUT2D eigenvalue weighted by Crippen LogP contribution is 2.35. The molecule has 6 nitrogen and oxygen atoms in total. The van der Waals surface area contributed by atoms with Crippen molar-refractivity contribution in [2.75, 3.05) is 46.3 Å². The number of likely N-dealkylation sites (N-methyl/N-ethyl adjacent to an activating group) is 2. The maximum Gasteiger partial charge on any atom is 0.317 e. The molecule has 1 saturated heterocycles. The Bertz CT molecular complexity index is 536. The van der Waals surface area contributed by atoms with E-state index in [1.807, 2.05) is 11.8 Å². The number of fused-ring (bicyclic) bond motifs is 1. The third kappa shape index (κ3) is 5.79. The highest BCUT2D eigenvalue weighted by molar-refractivity contribution is 5.95. The molecule has 0 aromatic heterocycles. The maximum absolute atomic E-state index is 12.8. The predicted molar refractivity (Wildman–Crippen MR) is 110 cm³/mol. The summed E-state index contributed by atoms with van der Waals surface area (Å²) in [6.07, 6.45) is 3.33. The molecule has 6 heteroatoms. The maximum atomic E-state index is 12.8. The SMILES string of the molecule is C=C1C[C@@H]2[C@@H](CC1=O)C[C@H](NC(=O)N(CC)CCN(C)CC)CN2CCC. The molecule has 1 saturated carbocycles. The number of piperidine rings is 1. The lowest BCUT2D eigenvalue weighted by molar-refractivity contribution is -0.119. The summed E-state index contributed by atoms with van der Waals surface area (Å²) in [4.78, 5) is 31.5. The number of rotatable bonds is 8. The summed E-state index contributed by atoms with van der Waals surface area (Å²) in [6, 6.07) is 0.541. The topological polar surface area (TPSA) is 55.9 Å². The number of nitrogens with zero attached hydrogens (tertiary/aromatic N) is 3. The van der Waals surface area contributed by atoms with Gasteiger partial charge in [0.25, 0.3) is 0 Å². The average molecular weight is 379 g/mol. The fourth-order valence-electron chi connectivity index (χ4n) is 4.35. The number of carbonyl (C=O) groups is 2. The van der Waals surface area contributed by atoms with Gasteiger partial charge in [0.15, 0.2) is 5.78 Å². The summed E-state index contributed by atoms with van der Waals surface area (Å²) in [6.45, 7) is 15.5. The van der Waals surface area contributed by atoms with E-state index in [0.29, 0.717) is 24.9 Å². The van der Waals surface area contributed by atoms with Crippen LogP contribution in [0.2, 0.25) is 0 Å². The number of carbonyl (C=O) groups excluding carboxylic acids is 2. The lowest BCUT2D eigenvalue weighted by Crippen LogP contribution is -2.59. The van der Waals surface area contributed by atoms with Gasteiger partial charge in [0.1, 0.15) is 0 Å². The molecule has 2 rings (SSSR count). The van der Waals surface area contributed by atoms with Gasteiger partial charge < -0.3 is 15.1 Å². The van der Waals surface area contributed by atoms with E-state index in [-0.39, 0.29) is 17.9 Å². The van der Waals surface area contributed by atoms with E-state index >= 15 is 0 Å². The van der Waals surface area contributed by atoms with Crippen LogP contribution in [0, 0.1) is 5.92 Å². The predicted octanol–water partition coefficient (Wildman–Crippen LogP) is 2.36. The number of likely N-dealkylation sites (tertiary alicyclic amines) is 1. The molecule has 0 radical (unpaired) electrons. The molecule has 1 aliphatic heterocycles. The molecule has 3 atom stereocenters. The Morgan fingerprint density at radius 2 is 1.96 bits per heavy atom. The van der Waals surface area contributed by atoms with Crippen LogP contribution >= 0.6 is 0 Å². The van der Waals surface area contributed by atoms with Gasteiger partial charge in [-0.1, -0.05) is 20.4 Å². The second-order valence-electron chi connectivity index (χ2n) is 8.12. The van der Waals surface area contributed by atoms with E-state index in [1.165, 1.54) is 0 Å². The van der Waals surface area contributed by atoms with Crippen molar-refractivity contribution in [3.05, 3.63) is 12.2 Å². The zero-order valence-electron chi connectivity index (χ0n) is 17.7. The Labute approximate surface area is 164 Å². The summed E-state index contributed by atoms with van der Waals surface area (Å²) in [5.41, 5.74) is 0.775. The van der Waals surface area contributed by atoms with Gasteiger partial charge in [-0.3, -0.25) is 9.69 Å². The van der Waals surface area contributed by atoms with Crippen LogP contribution in [0.5, 0.6) is 0 Å². The van der Waals surface area contributed by atoms with E-state index in [9.17, 15) is 9.59 Å². The van der Waals surface area contributed by atoms with Gasteiger partial charge in [0.2, 0.25) is 0 Å². The lowest BCUT2D eigenvalue weighted by Gasteiger charge is -2.47. The first-order valence-corrected chi connectivity index (χ1v) is 10.6. The van der Waals surface area contributed by atoms with Gasteiger partial charge in [0.05, 0.1) is 0 Å². The monoisotopic (exact) mass is 378 g/mol. The molecular formula is C21H38N4O2. The number of amides is 2. The molecule has 2 fully saturated rings. The largest absolute Gasteiger partial charge is 0.334 e. The van der Waals surface area contributed by atoms with Gasteiger partial charge in [-0.2, -0.15) is 0 Å². The molecule has 1 N–H and O–H groups in total. The highest BCUT2D eigenvalue weighted by Gasteiger charge is 2.41. The van der Waals surface area contributed by atoms with Crippen LogP contribution < -0.4 is 5.32 Å². The first-order chi connectivity index (χ1) is 12.9. The first-order valence-electron chi connectivity index (χ1n) is 10.6. The normalized spacial score (nSPS) is 26.2. The standard InChI is InChI=1S/C21H38N4O2/c1-6-9-25-15-18(13-17-14-20(26)16(4)12-19(17)25)22-21(27)24(8-3)11-10-23(5)7-2/h17-19H,4,6-15H2,1-3,5H3,(H,22,27)/t17-,18+,19-/m1/s1. The van der Waals surface area contributed by atoms with Crippen molar-refractivity contribution in [3.8, 4) is 0 Å². The Balaban J connectivity index is 1.97. The van der Waals surface area contributed by atoms with Gasteiger partial charge >= 0.3 is 6.03 Å². The number of nitrogens with one attached hydrogen (secondary N) is 1. The summed E-state index contributed by atoms with van der Waals surface area (Å²) in [5, 5.41) is 3.25. The minimum atomic E-state index is 0.0217. The van der Waals surface area contributed by atoms with Crippen LogP contribution in [0.1, 0.15) is 46.5 Å². The molecule has 0 spiro atoms. The summed E-state index contributed by atoms with van der Waals surface area (Å²) < 4.78 is 0. The van der Waals surface area contributed by atoms with Crippen LogP contribution in [0.4, 0.5) is 4.79 Å². The van der Waals surface area contributed by atoms with Crippen molar-refractivity contribution in [1.82, 2.24) is 20.0 Å². The summed E-state index contributed by atoms with van der Waals surface area (Å²) >= 11 is 0. The molecule has 0 aromatic carbocycles. The molecule has 1 aliphatic carbocycles. The summed E-state index contributed by atoms with van der Waals surface area (Å²) in [7, 11) is 2.07. The minimum Gasteiger partial charge on any atom is -0.334 e. The summed E-state index contributed by atoms with van der Waals surface area (Å²) in [5.74, 6) is 0.535. The van der Waals surface area contributed by atoms with Crippen LogP contribution in [0.15, 0.2) is 12.2 Å². The Hall–Kier alpha value is -1.40. The fraction of sp³-hybridized carbons (Fsp3) is 0.810. The molecule has 2 amide bonds. The van der Waals surface area contributed by atoms with Crippen molar-refractivity contribution in [1.29, 1.82) is 0 Å². The molecular weight excluding hydrogens is 340 g/mol. The van der Waals surface area contributed by atoms with Gasteiger partial charge in [-0.25, -0.2) is 4.79 Å².